The molecule has 0 spiro atoms. The van der Waals surface area contributed by atoms with Crippen molar-refractivity contribution >= 4 is 16.9 Å². The van der Waals surface area contributed by atoms with E-state index in [2.05, 4.69) is 28.7 Å². The van der Waals surface area contributed by atoms with E-state index in [-0.39, 0.29) is 18.4 Å². The van der Waals surface area contributed by atoms with Crippen molar-refractivity contribution in [3.63, 3.8) is 0 Å². The molecular formula is C22H24N2O2. The lowest BCUT2D eigenvalue weighted by atomic mass is 9.89. The van der Waals surface area contributed by atoms with Crippen LogP contribution in [-0.2, 0) is 24.1 Å². The Kier molecular flexibility index (Phi) is 4.49. The van der Waals surface area contributed by atoms with Crippen molar-refractivity contribution < 1.29 is 9.32 Å². The maximum atomic E-state index is 12.5. The molecule has 4 rings (SSSR count). The van der Waals surface area contributed by atoms with Gasteiger partial charge in [0, 0.05) is 5.39 Å². The van der Waals surface area contributed by atoms with Gasteiger partial charge in [0.15, 0.2) is 5.58 Å². The van der Waals surface area contributed by atoms with Crippen molar-refractivity contribution in [2.24, 2.45) is 0 Å². The summed E-state index contributed by atoms with van der Waals surface area (Å²) in [6.07, 6.45) is 5.09. The van der Waals surface area contributed by atoms with Crippen LogP contribution in [0.5, 0.6) is 0 Å². The molecule has 1 aliphatic carbocycles. The Hall–Kier alpha value is -2.62. The number of hydrogen-bond acceptors (Lipinski definition) is 3. The summed E-state index contributed by atoms with van der Waals surface area (Å²) in [7, 11) is 0. The van der Waals surface area contributed by atoms with Crippen LogP contribution in [0.3, 0.4) is 0 Å². The fourth-order valence-electron chi connectivity index (χ4n) is 3.78. The fourth-order valence-corrected chi connectivity index (χ4v) is 3.78. The monoisotopic (exact) mass is 348 g/mol. The third-order valence-corrected chi connectivity index (χ3v) is 5.28. The van der Waals surface area contributed by atoms with Gasteiger partial charge >= 0.3 is 0 Å². The molecule has 1 heterocycles. The minimum atomic E-state index is -0.0353. The molecule has 1 N–H and O–H groups in total. The third kappa shape index (κ3) is 3.36. The predicted molar refractivity (Wildman–Crippen MR) is 102 cm³/mol. The fraction of sp³-hybridized carbons (Fsp3) is 0.364. The van der Waals surface area contributed by atoms with Gasteiger partial charge in [-0.3, -0.25) is 4.79 Å². The molecule has 0 saturated carbocycles. The number of fused-ring (bicyclic) bond motifs is 2. The van der Waals surface area contributed by atoms with Crippen molar-refractivity contribution in [1.82, 2.24) is 10.5 Å². The van der Waals surface area contributed by atoms with Crippen LogP contribution in [0.25, 0.3) is 11.0 Å². The van der Waals surface area contributed by atoms with E-state index in [1.807, 2.05) is 32.0 Å². The van der Waals surface area contributed by atoms with E-state index in [9.17, 15) is 4.79 Å². The average molecular weight is 348 g/mol. The highest BCUT2D eigenvalue weighted by atomic mass is 16.5. The number of benzene rings is 2. The van der Waals surface area contributed by atoms with Crippen LogP contribution in [0, 0.1) is 6.92 Å². The minimum Gasteiger partial charge on any atom is -0.356 e. The second kappa shape index (κ2) is 6.94. The number of aromatic nitrogens is 1. The van der Waals surface area contributed by atoms with Gasteiger partial charge in [-0.1, -0.05) is 35.0 Å². The molecule has 0 saturated heterocycles. The number of nitrogens with zero attached hydrogens (tertiary/aromatic N) is 1. The van der Waals surface area contributed by atoms with Gasteiger partial charge in [-0.15, -0.1) is 0 Å². The van der Waals surface area contributed by atoms with Gasteiger partial charge in [0.05, 0.1) is 12.5 Å². The molecule has 1 unspecified atom stereocenters. The number of hydrogen-bond donors (Lipinski definition) is 1. The van der Waals surface area contributed by atoms with E-state index in [4.69, 9.17) is 4.52 Å². The summed E-state index contributed by atoms with van der Waals surface area (Å²) in [6, 6.07) is 12.5. The van der Waals surface area contributed by atoms with E-state index in [1.54, 1.807) is 0 Å². The number of carbonyl (C=O) groups excluding carboxylic acids is 1. The Balaban J connectivity index is 1.46. The molecule has 1 amide bonds. The summed E-state index contributed by atoms with van der Waals surface area (Å²) in [4.78, 5) is 12.5. The molecule has 0 fully saturated rings. The zero-order valence-electron chi connectivity index (χ0n) is 15.3. The quantitative estimate of drug-likeness (QED) is 0.758. The van der Waals surface area contributed by atoms with Gasteiger partial charge in [-0.25, -0.2) is 0 Å². The van der Waals surface area contributed by atoms with Crippen LogP contribution in [0.1, 0.15) is 53.8 Å². The number of amides is 1. The Morgan fingerprint density at radius 1 is 1.15 bits per heavy atom. The normalized spacial score (nSPS) is 14.8. The van der Waals surface area contributed by atoms with Crippen LogP contribution >= 0.6 is 0 Å². The van der Waals surface area contributed by atoms with Crippen molar-refractivity contribution in [3.8, 4) is 0 Å². The second-order valence-electron chi connectivity index (χ2n) is 7.33. The standard InChI is InChI=1S/C22H24N2O2/c1-14-7-10-21-19(11-14)20(24-26-21)13-22(25)23-15(2)17-9-8-16-5-3-4-6-18(16)12-17/h7-12,15H,3-6,13H2,1-2H3,(H,23,25). The predicted octanol–water partition coefficient (Wildman–Crippen LogP) is 4.43. The minimum absolute atomic E-state index is 0.0189. The first-order chi connectivity index (χ1) is 12.6. The van der Waals surface area contributed by atoms with Gasteiger partial charge in [0.1, 0.15) is 5.69 Å². The number of rotatable bonds is 4. The molecule has 1 aromatic heterocycles. The van der Waals surface area contributed by atoms with E-state index in [1.165, 1.54) is 36.0 Å². The van der Waals surface area contributed by atoms with Crippen LogP contribution in [-0.4, -0.2) is 11.1 Å². The van der Waals surface area contributed by atoms with E-state index < -0.39 is 0 Å². The van der Waals surface area contributed by atoms with Crippen molar-refractivity contribution in [2.75, 3.05) is 0 Å². The molecule has 4 nitrogen and oxygen atoms in total. The van der Waals surface area contributed by atoms with Gasteiger partial charge < -0.3 is 9.84 Å². The van der Waals surface area contributed by atoms with Gasteiger partial charge in [-0.2, -0.15) is 0 Å². The largest absolute Gasteiger partial charge is 0.356 e. The molecule has 2 aromatic carbocycles. The second-order valence-corrected chi connectivity index (χ2v) is 7.33. The molecule has 3 aromatic rings. The van der Waals surface area contributed by atoms with Crippen molar-refractivity contribution in [2.45, 2.75) is 52.0 Å². The smallest absolute Gasteiger partial charge is 0.226 e. The summed E-state index contributed by atoms with van der Waals surface area (Å²) in [5.74, 6) is -0.0353. The number of carbonyl (C=O) groups is 1. The molecule has 134 valence electrons. The Morgan fingerprint density at radius 2 is 1.96 bits per heavy atom. The Morgan fingerprint density at radius 3 is 2.81 bits per heavy atom. The van der Waals surface area contributed by atoms with Gasteiger partial charge in [-0.05, 0) is 68.4 Å². The molecule has 0 aliphatic heterocycles. The van der Waals surface area contributed by atoms with Crippen LogP contribution in [0.4, 0.5) is 0 Å². The maximum absolute atomic E-state index is 12.5. The maximum Gasteiger partial charge on any atom is 0.226 e. The molecule has 0 bridgehead atoms. The molecule has 1 aliphatic rings. The van der Waals surface area contributed by atoms with Gasteiger partial charge in [0.25, 0.3) is 0 Å². The number of nitrogens with one attached hydrogen (secondary N) is 1. The Bertz CT molecular complexity index is 958. The summed E-state index contributed by atoms with van der Waals surface area (Å²) in [5, 5.41) is 8.10. The van der Waals surface area contributed by atoms with Crippen molar-refractivity contribution in [1.29, 1.82) is 0 Å². The van der Waals surface area contributed by atoms with E-state index >= 15 is 0 Å². The topological polar surface area (TPSA) is 55.1 Å². The average Bonchev–Trinajstić information content (AvgIpc) is 3.03. The molecule has 1 atom stereocenters. The lowest BCUT2D eigenvalue weighted by Gasteiger charge is -2.20. The van der Waals surface area contributed by atoms with Crippen molar-refractivity contribution in [3.05, 3.63) is 64.3 Å². The lowest BCUT2D eigenvalue weighted by molar-refractivity contribution is -0.121. The highest BCUT2D eigenvalue weighted by Gasteiger charge is 2.17. The summed E-state index contributed by atoms with van der Waals surface area (Å²) in [6.45, 7) is 4.06. The van der Waals surface area contributed by atoms with Gasteiger partial charge in [0.2, 0.25) is 5.91 Å². The first kappa shape index (κ1) is 16.8. The first-order valence-corrected chi connectivity index (χ1v) is 9.36. The zero-order valence-corrected chi connectivity index (χ0v) is 15.3. The van der Waals surface area contributed by atoms with Crippen LogP contribution < -0.4 is 5.32 Å². The summed E-state index contributed by atoms with van der Waals surface area (Å²) < 4.78 is 5.33. The molecule has 26 heavy (non-hydrogen) atoms. The van der Waals surface area contributed by atoms with E-state index in [0.29, 0.717) is 5.69 Å². The van der Waals surface area contributed by atoms with Crippen LogP contribution in [0.2, 0.25) is 0 Å². The summed E-state index contributed by atoms with van der Waals surface area (Å²) >= 11 is 0. The van der Waals surface area contributed by atoms with E-state index in [0.717, 1.165) is 23.0 Å². The highest BCUT2D eigenvalue weighted by molar-refractivity contribution is 5.86. The Labute approximate surface area is 153 Å². The first-order valence-electron chi connectivity index (χ1n) is 9.36. The lowest BCUT2D eigenvalue weighted by Crippen LogP contribution is -2.28. The zero-order chi connectivity index (χ0) is 18.1. The SMILES string of the molecule is Cc1ccc2onc(CC(=O)NC(C)c3ccc4c(c3)CCCC4)c2c1. The molecule has 0 radical (unpaired) electrons. The number of aryl methyl sites for hydroxylation is 3. The third-order valence-electron chi connectivity index (χ3n) is 5.28. The molecular weight excluding hydrogens is 324 g/mol. The molecule has 4 heteroatoms. The highest BCUT2D eigenvalue weighted by Crippen LogP contribution is 2.25. The summed E-state index contributed by atoms with van der Waals surface area (Å²) in [5.41, 5.74) is 6.61. The van der Waals surface area contributed by atoms with Crippen LogP contribution in [0.15, 0.2) is 40.9 Å².